The summed E-state index contributed by atoms with van der Waals surface area (Å²) in [5.41, 5.74) is -7.98. The van der Waals surface area contributed by atoms with E-state index in [0.29, 0.717) is 6.42 Å². The maximum atomic E-state index is 15.0. The van der Waals surface area contributed by atoms with E-state index in [0.717, 1.165) is 0 Å². The van der Waals surface area contributed by atoms with E-state index in [4.69, 9.17) is 33.2 Å². The van der Waals surface area contributed by atoms with Crippen molar-refractivity contribution in [3.63, 3.8) is 0 Å². The van der Waals surface area contributed by atoms with Crippen molar-refractivity contribution in [2.75, 3.05) is 6.61 Å². The summed E-state index contributed by atoms with van der Waals surface area (Å²) >= 11 is 0. The van der Waals surface area contributed by atoms with Gasteiger partial charge in [-0.25, -0.2) is 14.4 Å². The molecule has 0 radical (unpaired) electrons. The molecular weight excluding hydrogens is 734 g/mol. The van der Waals surface area contributed by atoms with Gasteiger partial charge in [-0.15, -0.1) is 0 Å². The molecule has 2 bridgehead atoms. The number of carbonyl (C=O) groups excluding carboxylic acids is 5. The van der Waals surface area contributed by atoms with Crippen molar-refractivity contribution in [2.24, 2.45) is 16.7 Å². The second-order valence-electron chi connectivity index (χ2n) is 17.2. The van der Waals surface area contributed by atoms with Crippen molar-refractivity contribution in [3.05, 3.63) is 41.5 Å². The number of ether oxygens (including phenoxy) is 7. The number of nitrogens with one attached hydrogen (secondary N) is 1. The SMILES string of the molecule is CCC[C@H](NC(=O)OC(C)(C)C)[C@@H](O)C(=O)O[C@@H]1C(C)=C2[C@@H](O)C(=O)[C@@]3(C)C([C@H](Oc4ccccc4)[C@@]4(OC(=O)O[C@@H]14)C2(C)C)[C@]1(OC(C)=O)COC1C[C@@H]3O. The fourth-order valence-corrected chi connectivity index (χ4v) is 9.86. The highest BCUT2D eigenvalue weighted by Crippen LogP contribution is 2.66. The van der Waals surface area contributed by atoms with E-state index in [1.807, 2.05) is 0 Å². The molecule has 2 aliphatic heterocycles. The Labute approximate surface area is 325 Å². The Bertz CT molecular complexity index is 1790. The molecule has 4 N–H and O–H groups in total. The molecule has 5 aliphatic rings. The quantitative estimate of drug-likeness (QED) is 0.160. The van der Waals surface area contributed by atoms with E-state index in [9.17, 15) is 34.5 Å². The third-order valence-electron chi connectivity index (χ3n) is 12.3. The van der Waals surface area contributed by atoms with Gasteiger partial charge in [-0.05, 0) is 64.3 Å². The number of aliphatic hydroxyl groups is 3. The Hall–Kier alpha value is -4.25. The average molecular weight is 788 g/mol. The van der Waals surface area contributed by atoms with Crippen LogP contribution >= 0.6 is 0 Å². The minimum atomic E-state index is -2.10. The number of carbonyl (C=O) groups is 5. The molecule has 1 spiro atoms. The zero-order chi connectivity index (χ0) is 41.3. The Morgan fingerprint density at radius 3 is 2.30 bits per heavy atom. The highest BCUT2D eigenvalue weighted by atomic mass is 16.8. The van der Waals surface area contributed by atoms with Crippen molar-refractivity contribution in [2.45, 2.75) is 147 Å². The van der Waals surface area contributed by atoms with Gasteiger partial charge in [0.05, 0.1) is 30.1 Å². The standard InChI is InChI=1S/C40H53NO15/c1-10-14-22(41-34(48)55-36(4,5)6)26(44)33(47)52-28-19(2)25-27(45)30(46)38(9)23(43)17-24-39(18-50-24,54-20(3)42)29(38)32(51-21-15-12-11-13-16-21)40(37(25,7)8)31(28)53-35(49)56-40/h11-13,15-16,22-24,26-29,31-32,43-45H,10,14,17-18H2,1-9H3,(H,41,48)/t22-,23-,24?,26+,27+,28+,29?,31-,32-,38+,39-,40+/m0/s1. The predicted octanol–water partition coefficient (Wildman–Crippen LogP) is 3.06. The Balaban J connectivity index is 1.55. The summed E-state index contributed by atoms with van der Waals surface area (Å²) in [7, 11) is 0. The van der Waals surface area contributed by atoms with Gasteiger partial charge in [-0.3, -0.25) is 9.59 Å². The molecule has 2 unspecified atom stereocenters. The van der Waals surface area contributed by atoms with Gasteiger partial charge in [-0.2, -0.15) is 0 Å². The van der Waals surface area contributed by atoms with Gasteiger partial charge in [0.2, 0.25) is 5.60 Å². The average Bonchev–Trinajstić information content (AvgIpc) is 3.46. The van der Waals surface area contributed by atoms with Gasteiger partial charge in [0.1, 0.15) is 23.6 Å². The summed E-state index contributed by atoms with van der Waals surface area (Å²) in [4.78, 5) is 68.4. The molecule has 16 heteroatoms. The van der Waals surface area contributed by atoms with Gasteiger partial charge in [0, 0.05) is 18.8 Å². The summed E-state index contributed by atoms with van der Waals surface area (Å²) in [6, 6.07) is 7.21. The van der Waals surface area contributed by atoms with Crippen LogP contribution in [0.2, 0.25) is 0 Å². The van der Waals surface area contributed by atoms with Crippen LogP contribution in [0.15, 0.2) is 41.5 Å². The molecule has 1 aromatic rings. The number of hydrogen-bond donors (Lipinski definition) is 4. The summed E-state index contributed by atoms with van der Waals surface area (Å²) in [5.74, 6) is -3.93. The number of Topliss-reactive ketones (excluding diaryl/α,β-unsaturated/α-hetero) is 1. The highest BCUT2D eigenvalue weighted by molar-refractivity contribution is 5.94. The number of para-hydroxylation sites is 1. The molecule has 56 heavy (non-hydrogen) atoms. The Morgan fingerprint density at radius 1 is 1.07 bits per heavy atom. The summed E-state index contributed by atoms with van der Waals surface area (Å²) in [6.07, 6.45) is -12.7. The van der Waals surface area contributed by atoms with Crippen LogP contribution in [0.3, 0.4) is 0 Å². The first kappa shape index (κ1) is 41.4. The number of aliphatic hydroxyl groups excluding tert-OH is 3. The molecule has 2 heterocycles. The topological polar surface area (TPSA) is 223 Å². The van der Waals surface area contributed by atoms with E-state index >= 15 is 4.79 Å². The number of rotatable bonds is 9. The van der Waals surface area contributed by atoms with Gasteiger partial charge < -0.3 is 53.8 Å². The predicted molar refractivity (Wildman–Crippen MR) is 193 cm³/mol. The number of hydrogen-bond acceptors (Lipinski definition) is 15. The van der Waals surface area contributed by atoms with Crippen LogP contribution in [0.1, 0.15) is 81.6 Å². The number of benzene rings is 1. The van der Waals surface area contributed by atoms with Crippen molar-refractivity contribution in [1.82, 2.24) is 5.32 Å². The number of fused-ring (bicyclic) bond motifs is 4. The van der Waals surface area contributed by atoms with Crippen LogP contribution in [0.4, 0.5) is 9.59 Å². The molecule has 16 nitrogen and oxygen atoms in total. The first-order chi connectivity index (χ1) is 26.1. The minimum absolute atomic E-state index is 0.00313. The van der Waals surface area contributed by atoms with Crippen LogP contribution in [0, 0.1) is 16.7 Å². The lowest BCUT2D eigenvalue weighted by molar-refractivity contribution is -0.343. The molecule has 12 atom stereocenters. The Kier molecular flexibility index (Phi) is 10.6. The number of esters is 2. The first-order valence-electron chi connectivity index (χ1n) is 19.0. The van der Waals surface area contributed by atoms with Crippen LogP contribution in [0.25, 0.3) is 0 Å². The Morgan fingerprint density at radius 2 is 1.73 bits per heavy atom. The molecule has 1 amide bonds. The molecule has 308 valence electrons. The van der Waals surface area contributed by atoms with E-state index in [-0.39, 0.29) is 36.3 Å². The molecular formula is C40H53NO15. The van der Waals surface area contributed by atoms with E-state index in [1.165, 1.54) is 20.8 Å². The fraction of sp³-hybridized carbons (Fsp3) is 0.675. The second-order valence-corrected chi connectivity index (χ2v) is 17.2. The van der Waals surface area contributed by atoms with Gasteiger partial charge in [0.25, 0.3) is 0 Å². The van der Waals surface area contributed by atoms with E-state index < -0.39 is 112 Å². The third-order valence-corrected chi connectivity index (χ3v) is 12.3. The van der Waals surface area contributed by atoms with Crippen molar-refractivity contribution < 1.29 is 72.5 Å². The lowest BCUT2D eigenvalue weighted by Crippen LogP contribution is -2.83. The highest BCUT2D eigenvalue weighted by Gasteiger charge is 2.82. The number of alkyl carbamates (subject to hydrolysis) is 1. The maximum absolute atomic E-state index is 15.0. The van der Waals surface area contributed by atoms with E-state index in [1.54, 1.807) is 71.9 Å². The van der Waals surface area contributed by atoms with Crippen molar-refractivity contribution in [3.8, 4) is 5.75 Å². The first-order valence-corrected chi connectivity index (χ1v) is 19.0. The molecule has 2 saturated carbocycles. The smallest absolute Gasteiger partial charge is 0.486 e. The lowest BCUT2D eigenvalue weighted by Gasteiger charge is -2.67. The fourth-order valence-electron chi connectivity index (χ4n) is 9.86. The molecule has 4 fully saturated rings. The number of amides is 1. The molecule has 2 saturated heterocycles. The van der Waals surface area contributed by atoms with Crippen molar-refractivity contribution >= 4 is 30.0 Å². The summed E-state index contributed by atoms with van der Waals surface area (Å²) in [6.45, 7) is 13.9. The molecule has 6 rings (SSSR count). The van der Waals surface area contributed by atoms with Crippen LogP contribution in [0.5, 0.6) is 5.75 Å². The third kappa shape index (κ3) is 6.32. The van der Waals surface area contributed by atoms with Crippen LogP contribution in [-0.4, -0.2) is 117 Å². The van der Waals surface area contributed by atoms with Gasteiger partial charge in [0.15, 0.2) is 35.8 Å². The van der Waals surface area contributed by atoms with Gasteiger partial charge in [-0.1, -0.05) is 45.4 Å². The summed E-state index contributed by atoms with van der Waals surface area (Å²) in [5, 5.41) is 38.2. The zero-order valence-corrected chi connectivity index (χ0v) is 33.2. The van der Waals surface area contributed by atoms with Gasteiger partial charge >= 0.3 is 24.2 Å². The normalized spacial score (nSPS) is 36.7. The molecule has 0 aromatic heterocycles. The molecule has 3 aliphatic carbocycles. The monoisotopic (exact) mass is 787 g/mol. The maximum Gasteiger partial charge on any atom is 0.509 e. The van der Waals surface area contributed by atoms with Crippen LogP contribution < -0.4 is 10.1 Å². The second kappa shape index (κ2) is 14.3. The largest absolute Gasteiger partial charge is 0.509 e. The van der Waals surface area contributed by atoms with Crippen LogP contribution in [-0.2, 0) is 42.8 Å². The summed E-state index contributed by atoms with van der Waals surface area (Å²) < 4.78 is 42.5. The number of ketones is 1. The van der Waals surface area contributed by atoms with Crippen molar-refractivity contribution in [1.29, 1.82) is 0 Å². The minimum Gasteiger partial charge on any atom is -0.486 e. The zero-order valence-electron chi connectivity index (χ0n) is 33.2. The molecule has 1 aromatic carbocycles. The van der Waals surface area contributed by atoms with E-state index in [2.05, 4.69) is 5.32 Å². The lowest BCUT2D eigenvalue weighted by atomic mass is 9.44.